The zero-order valence-corrected chi connectivity index (χ0v) is 24.4. The molecule has 0 fully saturated rings. The number of hydrazine groups is 1. The van der Waals surface area contributed by atoms with Crippen LogP contribution in [0.1, 0.15) is 52.7 Å². The third-order valence-corrected chi connectivity index (χ3v) is 6.53. The van der Waals surface area contributed by atoms with E-state index in [1.807, 2.05) is 6.07 Å². The highest BCUT2D eigenvalue weighted by Crippen LogP contribution is 2.34. The smallest absolute Gasteiger partial charge is 0.414 e. The minimum absolute atomic E-state index is 0.0363. The Morgan fingerprint density at radius 2 is 1.56 bits per heavy atom. The van der Waals surface area contributed by atoms with Gasteiger partial charge in [-0.1, -0.05) is 74.5 Å². The Morgan fingerprint density at radius 3 is 2.07 bits per heavy atom. The molecule has 2 unspecified atom stereocenters. The average molecular weight is 566 g/mol. The molecule has 0 saturated carbocycles. The molecule has 0 aliphatic carbocycles. The Balaban J connectivity index is 2.25. The van der Waals surface area contributed by atoms with Crippen molar-refractivity contribution in [2.75, 3.05) is 6.61 Å². The number of amides is 3. The third-order valence-electron chi connectivity index (χ3n) is 6.53. The van der Waals surface area contributed by atoms with E-state index in [4.69, 9.17) is 9.47 Å². The van der Waals surface area contributed by atoms with E-state index in [2.05, 4.69) is 0 Å². The minimum atomic E-state index is -1.79. The van der Waals surface area contributed by atoms with Gasteiger partial charge >= 0.3 is 12.1 Å². The van der Waals surface area contributed by atoms with Crippen LogP contribution in [-0.4, -0.2) is 74.8 Å². The van der Waals surface area contributed by atoms with E-state index in [1.54, 1.807) is 89.2 Å². The molecule has 0 aromatic heterocycles. The van der Waals surface area contributed by atoms with Gasteiger partial charge in [-0.05, 0) is 38.7 Å². The lowest BCUT2D eigenvalue weighted by atomic mass is 9.97. The summed E-state index contributed by atoms with van der Waals surface area (Å²) < 4.78 is 10.6. The highest BCUT2D eigenvalue weighted by atomic mass is 16.6. The van der Waals surface area contributed by atoms with Crippen LogP contribution in [0.3, 0.4) is 0 Å². The zero-order valence-electron chi connectivity index (χ0n) is 24.4. The molecule has 220 valence electrons. The van der Waals surface area contributed by atoms with E-state index >= 15 is 0 Å². The molecule has 1 aliphatic rings. The number of hydrogen-bond donors (Lipinski definition) is 1. The highest BCUT2D eigenvalue weighted by molar-refractivity contribution is 5.97. The molecule has 10 nitrogen and oxygen atoms in total. The normalized spacial score (nSPS) is 16.8. The monoisotopic (exact) mass is 565 g/mol. The van der Waals surface area contributed by atoms with Crippen molar-refractivity contribution in [3.05, 3.63) is 78.0 Å². The second-order valence-electron chi connectivity index (χ2n) is 10.4. The first-order valence-corrected chi connectivity index (χ1v) is 13.8. The number of ether oxygens (including phenoxy) is 2. The maximum atomic E-state index is 14.4. The van der Waals surface area contributed by atoms with E-state index < -0.39 is 48.2 Å². The first-order chi connectivity index (χ1) is 19.5. The lowest BCUT2D eigenvalue weighted by molar-refractivity contribution is -0.177. The summed E-state index contributed by atoms with van der Waals surface area (Å²) in [4.78, 5) is 55.1. The number of nitrogens with zero attached hydrogens (tertiary/aromatic N) is 3. The van der Waals surface area contributed by atoms with Crippen molar-refractivity contribution < 1.29 is 33.8 Å². The average Bonchev–Trinajstić information content (AvgIpc) is 2.93. The van der Waals surface area contributed by atoms with Gasteiger partial charge in [0, 0.05) is 18.7 Å². The molecule has 3 rings (SSSR count). The van der Waals surface area contributed by atoms with Crippen LogP contribution in [0.2, 0.25) is 0 Å². The van der Waals surface area contributed by atoms with Crippen molar-refractivity contribution in [3.63, 3.8) is 0 Å². The van der Waals surface area contributed by atoms with Gasteiger partial charge in [-0.3, -0.25) is 14.5 Å². The highest BCUT2D eigenvalue weighted by Gasteiger charge is 2.47. The molecular weight excluding hydrogens is 526 g/mol. The summed E-state index contributed by atoms with van der Waals surface area (Å²) in [6, 6.07) is 15.6. The van der Waals surface area contributed by atoms with Crippen LogP contribution in [0.5, 0.6) is 0 Å². The Labute approximate surface area is 241 Å². The van der Waals surface area contributed by atoms with Gasteiger partial charge < -0.3 is 14.6 Å². The Bertz CT molecular complexity index is 1250. The van der Waals surface area contributed by atoms with Crippen molar-refractivity contribution in [3.8, 4) is 0 Å². The molecular formula is C31H39N3O7. The number of hydrogen-bond acceptors (Lipinski definition) is 7. The molecule has 0 spiro atoms. The standard InChI is InChI=1S/C31H39N3O7/c1-7-40-31(39)32-19-26(24-16-12-9-13-17-24)34(29(37)27(32)20(2)3)33(22(6)35)25(18-23-14-10-8-11-15-23)28(36)30(38)41-21(4)5/h8-17,19-21,25,27-28,36H,7,18H2,1-6H3/t25-,27?,28?/m0/s1. The summed E-state index contributed by atoms with van der Waals surface area (Å²) in [7, 11) is 0. The van der Waals surface area contributed by atoms with E-state index in [-0.39, 0.29) is 24.6 Å². The van der Waals surface area contributed by atoms with Crippen molar-refractivity contribution in [1.29, 1.82) is 0 Å². The van der Waals surface area contributed by atoms with Crippen LogP contribution < -0.4 is 0 Å². The lowest BCUT2D eigenvalue weighted by Crippen LogP contribution is -2.64. The first kappa shape index (κ1) is 31.3. The Morgan fingerprint density at radius 1 is 0.976 bits per heavy atom. The van der Waals surface area contributed by atoms with Gasteiger partial charge in [0.25, 0.3) is 5.91 Å². The maximum absolute atomic E-state index is 14.4. The maximum Gasteiger partial charge on any atom is 0.414 e. The van der Waals surface area contributed by atoms with E-state index in [0.29, 0.717) is 5.56 Å². The third kappa shape index (κ3) is 7.32. The number of esters is 1. The number of aliphatic hydroxyl groups is 1. The molecule has 0 bridgehead atoms. The molecule has 1 heterocycles. The van der Waals surface area contributed by atoms with Crippen LogP contribution >= 0.6 is 0 Å². The number of aliphatic hydroxyl groups excluding tert-OH is 1. The molecule has 0 saturated heterocycles. The van der Waals surface area contributed by atoms with Gasteiger partial charge in [0.15, 0.2) is 6.10 Å². The predicted octanol–water partition coefficient (Wildman–Crippen LogP) is 4.00. The first-order valence-electron chi connectivity index (χ1n) is 13.8. The van der Waals surface area contributed by atoms with Crippen LogP contribution in [0.4, 0.5) is 4.79 Å². The summed E-state index contributed by atoms with van der Waals surface area (Å²) in [5, 5.41) is 13.6. The van der Waals surface area contributed by atoms with Gasteiger partial charge in [0.2, 0.25) is 5.91 Å². The van der Waals surface area contributed by atoms with Crippen molar-refractivity contribution in [1.82, 2.24) is 14.9 Å². The summed E-state index contributed by atoms with van der Waals surface area (Å²) in [6.07, 6.45) is -1.49. The molecule has 41 heavy (non-hydrogen) atoms. The lowest BCUT2D eigenvalue weighted by Gasteiger charge is -2.47. The summed E-state index contributed by atoms with van der Waals surface area (Å²) >= 11 is 0. The molecule has 10 heteroatoms. The predicted molar refractivity (Wildman–Crippen MR) is 152 cm³/mol. The Hall–Kier alpha value is -4.18. The quantitative estimate of drug-likeness (QED) is 0.433. The second kappa shape index (κ2) is 13.9. The van der Waals surface area contributed by atoms with Crippen molar-refractivity contribution >= 4 is 29.6 Å². The van der Waals surface area contributed by atoms with Crippen molar-refractivity contribution in [2.24, 2.45) is 5.92 Å². The fourth-order valence-electron chi connectivity index (χ4n) is 4.80. The largest absolute Gasteiger partial charge is 0.461 e. The molecule has 1 N–H and O–H groups in total. The van der Waals surface area contributed by atoms with Gasteiger partial charge in [0.1, 0.15) is 6.04 Å². The molecule has 1 aliphatic heterocycles. The second-order valence-corrected chi connectivity index (χ2v) is 10.4. The molecule has 2 aromatic carbocycles. The molecule has 3 amide bonds. The Kier molecular flexibility index (Phi) is 10.7. The SMILES string of the molecule is CCOC(=O)N1C=C(c2ccccc2)N(N(C(C)=O)[C@@H](Cc2ccccc2)C(O)C(=O)OC(C)C)C(=O)C1C(C)C. The summed E-state index contributed by atoms with van der Waals surface area (Å²) in [6.45, 7) is 9.91. The molecule has 2 aromatic rings. The van der Waals surface area contributed by atoms with E-state index in [0.717, 1.165) is 10.6 Å². The topological polar surface area (TPSA) is 117 Å². The van der Waals surface area contributed by atoms with Crippen LogP contribution in [0, 0.1) is 5.92 Å². The fourth-order valence-corrected chi connectivity index (χ4v) is 4.80. The summed E-state index contributed by atoms with van der Waals surface area (Å²) in [5.41, 5.74) is 1.46. The van der Waals surface area contributed by atoms with Crippen LogP contribution in [0.15, 0.2) is 66.9 Å². The number of carbonyl (C=O) groups is 4. The van der Waals surface area contributed by atoms with Gasteiger partial charge in [-0.15, -0.1) is 0 Å². The van der Waals surface area contributed by atoms with Gasteiger partial charge in [-0.25, -0.2) is 19.6 Å². The minimum Gasteiger partial charge on any atom is -0.461 e. The van der Waals surface area contributed by atoms with Crippen LogP contribution in [-0.2, 0) is 30.3 Å². The number of carbonyl (C=O) groups excluding carboxylic acids is 4. The van der Waals surface area contributed by atoms with Crippen LogP contribution in [0.25, 0.3) is 5.70 Å². The van der Waals surface area contributed by atoms with E-state index in [9.17, 15) is 24.3 Å². The van der Waals surface area contributed by atoms with Gasteiger partial charge in [-0.2, -0.15) is 0 Å². The number of rotatable bonds is 10. The molecule has 3 atom stereocenters. The molecule has 0 radical (unpaired) electrons. The zero-order chi connectivity index (χ0) is 30.3. The summed E-state index contributed by atoms with van der Waals surface area (Å²) in [5.74, 6) is -2.48. The van der Waals surface area contributed by atoms with Gasteiger partial charge in [0.05, 0.1) is 24.4 Å². The van der Waals surface area contributed by atoms with Crippen molar-refractivity contribution in [2.45, 2.75) is 72.3 Å². The van der Waals surface area contributed by atoms with E-state index in [1.165, 1.54) is 23.0 Å². The fraction of sp³-hybridized carbons (Fsp3) is 0.419. The number of benzene rings is 2.